The first kappa shape index (κ1) is 16.8. The highest BCUT2D eigenvalue weighted by Gasteiger charge is 2.39. The fourth-order valence-corrected chi connectivity index (χ4v) is 2.78. The summed E-state index contributed by atoms with van der Waals surface area (Å²) in [5, 5.41) is 0.298. The van der Waals surface area contributed by atoms with Crippen molar-refractivity contribution in [2.24, 2.45) is 5.73 Å². The van der Waals surface area contributed by atoms with E-state index in [1.165, 1.54) is 18.3 Å². The topological polar surface area (TPSA) is 57.4 Å². The Labute approximate surface area is 139 Å². The van der Waals surface area contributed by atoms with Crippen LogP contribution >= 0.6 is 11.6 Å². The van der Waals surface area contributed by atoms with Crippen LogP contribution in [0.2, 0.25) is 5.02 Å². The van der Waals surface area contributed by atoms with Crippen molar-refractivity contribution in [2.45, 2.75) is 18.3 Å². The van der Waals surface area contributed by atoms with Crippen molar-refractivity contribution >= 4 is 11.6 Å². The highest BCUT2D eigenvalue weighted by Crippen LogP contribution is 2.42. The van der Waals surface area contributed by atoms with Crippen LogP contribution in [-0.4, -0.2) is 18.0 Å². The summed E-state index contributed by atoms with van der Waals surface area (Å²) in [6.45, 7) is 0.206. The molecule has 128 valence electrons. The third-order valence-electron chi connectivity index (χ3n) is 3.69. The maximum absolute atomic E-state index is 14.0. The molecule has 2 heterocycles. The van der Waals surface area contributed by atoms with E-state index in [4.69, 9.17) is 22.1 Å². The molecule has 0 aliphatic carbocycles. The van der Waals surface area contributed by atoms with E-state index >= 15 is 0 Å². The zero-order valence-electron chi connectivity index (χ0n) is 12.0. The minimum absolute atomic E-state index is 0.206. The molecular formula is C15H11ClF4N2O2. The lowest BCUT2D eigenvalue weighted by molar-refractivity contribution is -0.275. The summed E-state index contributed by atoms with van der Waals surface area (Å²) in [5.41, 5.74) is 5.68. The van der Waals surface area contributed by atoms with Crippen LogP contribution in [0.5, 0.6) is 11.5 Å². The molecule has 0 spiro atoms. The number of alkyl halides is 3. The number of benzene rings is 1. The van der Waals surface area contributed by atoms with Gasteiger partial charge in [0.15, 0.2) is 17.3 Å². The molecule has 2 aromatic rings. The van der Waals surface area contributed by atoms with Crippen LogP contribution in [0, 0.1) is 5.82 Å². The maximum atomic E-state index is 14.0. The second kappa shape index (κ2) is 5.78. The van der Waals surface area contributed by atoms with Crippen molar-refractivity contribution in [3.63, 3.8) is 0 Å². The zero-order valence-corrected chi connectivity index (χ0v) is 12.8. The number of ether oxygens (including phenoxy) is 2. The molecule has 4 nitrogen and oxygen atoms in total. The van der Waals surface area contributed by atoms with E-state index < -0.39 is 23.5 Å². The van der Waals surface area contributed by atoms with Gasteiger partial charge in [0, 0.05) is 12.6 Å². The van der Waals surface area contributed by atoms with Gasteiger partial charge >= 0.3 is 6.36 Å². The number of nitrogens with two attached hydrogens (primary N) is 1. The minimum Gasteiger partial charge on any atom is -0.490 e. The van der Waals surface area contributed by atoms with Crippen LogP contribution in [-0.2, 0) is 5.54 Å². The van der Waals surface area contributed by atoms with Gasteiger partial charge < -0.3 is 15.2 Å². The first-order chi connectivity index (χ1) is 11.2. The van der Waals surface area contributed by atoms with E-state index in [0.29, 0.717) is 10.7 Å². The number of hydrogen-bond acceptors (Lipinski definition) is 4. The molecule has 1 aromatic heterocycles. The third-order valence-corrected chi connectivity index (χ3v) is 3.99. The lowest BCUT2D eigenvalue weighted by Gasteiger charge is -2.35. The van der Waals surface area contributed by atoms with E-state index in [9.17, 15) is 17.6 Å². The zero-order chi connectivity index (χ0) is 17.5. The van der Waals surface area contributed by atoms with Gasteiger partial charge in [-0.2, -0.15) is 0 Å². The van der Waals surface area contributed by atoms with Gasteiger partial charge in [0.25, 0.3) is 0 Å². The Bertz CT molecular complexity index is 785. The van der Waals surface area contributed by atoms with Crippen LogP contribution in [0.4, 0.5) is 17.6 Å². The van der Waals surface area contributed by atoms with Crippen molar-refractivity contribution in [3.8, 4) is 11.5 Å². The van der Waals surface area contributed by atoms with Gasteiger partial charge in [0.05, 0.1) is 17.2 Å². The molecule has 1 aliphatic heterocycles. The number of fused-ring (bicyclic) bond motifs is 1. The van der Waals surface area contributed by atoms with Gasteiger partial charge in [-0.3, -0.25) is 4.98 Å². The first-order valence-electron chi connectivity index (χ1n) is 6.83. The summed E-state index contributed by atoms with van der Waals surface area (Å²) < 4.78 is 59.8. The van der Waals surface area contributed by atoms with Crippen molar-refractivity contribution in [1.82, 2.24) is 4.98 Å². The minimum atomic E-state index is -4.98. The molecule has 0 fully saturated rings. The number of hydrogen-bond donors (Lipinski definition) is 1. The van der Waals surface area contributed by atoms with Gasteiger partial charge in [-0.15, -0.1) is 13.2 Å². The van der Waals surface area contributed by atoms with E-state index in [0.717, 1.165) is 12.1 Å². The second-order valence-corrected chi connectivity index (χ2v) is 5.64. The lowest BCUT2D eigenvalue weighted by atomic mass is 9.82. The van der Waals surface area contributed by atoms with E-state index in [1.54, 1.807) is 0 Å². The monoisotopic (exact) mass is 362 g/mol. The highest BCUT2D eigenvalue weighted by molar-refractivity contribution is 6.32. The summed E-state index contributed by atoms with van der Waals surface area (Å²) in [4.78, 5) is 4.15. The number of aromatic nitrogens is 1. The molecule has 9 heteroatoms. The molecule has 2 N–H and O–H groups in total. The van der Waals surface area contributed by atoms with Crippen LogP contribution in [0.1, 0.15) is 17.7 Å². The molecule has 0 bridgehead atoms. The standard InChI is InChI=1S/C15H11ClF4N2O2/c16-9-3-5-22-13-12(9)23-6-4-14(13,21)8-1-2-11(10(17)7-8)24-15(18,19)20/h1-3,5,7H,4,6,21H2. The molecule has 0 saturated carbocycles. The van der Waals surface area contributed by atoms with Gasteiger partial charge in [-0.05, 0) is 23.8 Å². The van der Waals surface area contributed by atoms with E-state index in [-0.39, 0.29) is 24.3 Å². The van der Waals surface area contributed by atoms with Gasteiger partial charge in [-0.25, -0.2) is 4.39 Å². The van der Waals surface area contributed by atoms with Crippen molar-refractivity contribution in [2.75, 3.05) is 6.61 Å². The second-order valence-electron chi connectivity index (χ2n) is 5.23. The van der Waals surface area contributed by atoms with E-state index in [1.807, 2.05) is 0 Å². The molecule has 3 rings (SSSR count). The summed E-state index contributed by atoms with van der Waals surface area (Å²) in [5.74, 6) is -1.82. The lowest BCUT2D eigenvalue weighted by Crippen LogP contribution is -2.43. The van der Waals surface area contributed by atoms with Gasteiger partial charge in [-0.1, -0.05) is 17.7 Å². The number of halogens is 5. The fourth-order valence-electron chi connectivity index (χ4n) is 2.58. The summed E-state index contributed by atoms with van der Waals surface area (Å²) in [6.07, 6.45) is -3.30. The predicted molar refractivity (Wildman–Crippen MR) is 77.4 cm³/mol. The van der Waals surface area contributed by atoms with Crippen molar-refractivity contribution in [1.29, 1.82) is 0 Å². The summed E-state index contributed by atoms with van der Waals surface area (Å²) in [7, 11) is 0. The van der Waals surface area contributed by atoms with Crippen LogP contribution in [0.3, 0.4) is 0 Å². The Kier molecular flexibility index (Phi) is 4.05. The quantitative estimate of drug-likeness (QED) is 0.826. The Hall–Kier alpha value is -2.06. The molecule has 0 radical (unpaired) electrons. The third kappa shape index (κ3) is 2.99. The molecule has 1 aromatic carbocycles. The fraction of sp³-hybridized carbons (Fsp3) is 0.267. The van der Waals surface area contributed by atoms with Crippen LogP contribution in [0.15, 0.2) is 30.5 Å². The van der Waals surface area contributed by atoms with E-state index in [2.05, 4.69) is 9.72 Å². The number of rotatable bonds is 2. The Morgan fingerprint density at radius 2 is 2.04 bits per heavy atom. The summed E-state index contributed by atoms with van der Waals surface area (Å²) in [6, 6.07) is 4.57. The molecule has 24 heavy (non-hydrogen) atoms. The van der Waals surface area contributed by atoms with Crippen LogP contribution in [0.25, 0.3) is 0 Å². The molecule has 1 atom stereocenters. The SMILES string of the molecule is NC1(c2ccc(OC(F)(F)F)c(F)c2)CCOc2c(Cl)ccnc21. The van der Waals surface area contributed by atoms with Crippen LogP contribution < -0.4 is 15.2 Å². The number of pyridine rings is 1. The average Bonchev–Trinajstić information content (AvgIpc) is 2.49. The van der Waals surface area contributed by atoms with Crippen molar-refractivity contribution < 1.29 is 27.0 Å². The molecule has 0 amide bonds. The smallest absolute Gasteiger partial charge is 0.490 e. The Balaban J connectivity index is 2.04. The Morgan fingerprint density at radius 3 is 2.71 bits per heavy atom. The molecule has 0 saturated heterocycles. The normalized spacial score (nSPS) is 20.2. The van der Waals surface area contributed by atoms with Gasteiger partial charge in [0.1, 0.15) is 5.69 Å². The highest BCUT2D eigenvalue weighted by atomic mass is 35.5. The van der Waals surface area contributed by atoms with Gasteiger partial charge in [0.2, 0.25) is 0 Å². The first-order valence-corrected chi connectivity index (χ1v) is 7.21. The largest absolute Gasteiger partial charge is 0.573 e. The predicted octanol–water partition coefficient (Wildman–Crippen LogP) is 3.76. The maximum Gasteiger partial charge on any atom is 0.573 e. The average molecular weight is 363 g/mol. The Morgan fingerprint density at radius 1 is 1.29 bits per heavy atom. The number of nitrogens with zero attached hydrogens (tertiary/aromatic N) is 1. The molecule has 1 aliphatic rings. The molecular weight excluding hydrogens is 352 g/mol. The molecule has 1 unspecified atom stereocenters. The van der Waals surface area contributed by atoms with Crippen molar-refractivity contribution in [3.05, 3.63) is 52.6 Å². The summed E-state index contributed by atoms with van der Waals surface area (Å²) >= 11 is 6.05.